The molecule has 3 heterocycles. The first-order valence-electron chi connectivity index (χ1n) is 11.6. The van der Waals surface area contributed by atoms with Gasteiger partial charge in [-0.2, -0.15) is 0 Å². The molecular formula is C25H26ClN5O3. The van der Waals surface area contributed by atoms with Crippen molar-refractivity contribution >= 4 is 45.7 Å². The van der Waals surface area contributed by atoms with Crippen molar-refractivity contribution in [3.8, 4) is 0 Å². The molecule has 8 nitrogen and oxygen atoms in total. The van der Waals surface area contributed by atoms with E-state index in [1.54, 1.807) is 27.7 Å². The first-order chi connectivity index (χ1) is 16.5. The van der Waals surface area contributed by atoms with Crippen LogP contribution in [0.5, 0.6) is 0 Å². The van der Waals surface area contributed by atoms with Gasteiger partial charge in [0.25, 0.3) is 5.56 Å². The average molecular weight is 480 g/mol. The number of carbonyl (C=O) groups excluding carboxylic acids is 2. The fourth-order valence-corrected chi connectivity index (χ4v) is 4.85. The summed E-state index contributed by atoms with van der Waals surface area (Å²) in [4.78, 5) is 46.8. The number of aryl methyl sites for hydroxylation is 1. The molecule has 0 atom stereocenters. The second-order valence-corrected chi connectivity index (χ2v) is 9.18. The average Bonchev–Trinajstić information content (AvgIpc) is 3.10. The van der Waals surface area contributed by atoms with Gasteiger partial charge in [0, 0.05) is 55.5 Å². The Morgan fingerprint density at radius 1 is 0.941 bits per heavy atom. The molecule has 0 radical (unpaired) electrons. The summed E-state index contributed by atoms with van der Waals surface area (Å²) in [6.07, 6.45) is 3.86. The fourth-order valence-electron chi connectivity index (χ4n) is 4.66. The normalized spacial score (nSPS) is 16.1. The van der Waals surface area contributed by atoms with Crippen LogP contribution in [-0.2, 0) is 22.6 Å². The van der Waals surface area contributed by atoms with Crippen molar-refractivity contribution in [2.75, 3.05) is 36.4 Å². The van der Waals surface area contributed by atoms with Crippen LogP contribution in [0.3, 0.4) is 0 Å². The Bertz CT molecular complexity index is 1310. The van der Waals surface area contributed by atoms with Gasteiger partial charge in [0.05, 0.1) is 10.9 Å². The molecule has 2 aliphatic rings. The predicted octanol–water partition coefficient (Wildman–Crippen LogP) is 3.06. The highest BCUT2D eigenvalue weighted by Gasteiger charge is 2.26. The highest BCUT2D eigenvalue weighted by atomic mass is 35.5. The van der Waals surface area contributed by atoms with Crippen molar-refractivity contribution < 1.29 is 9.59 Å². The monoisotopic (exact) mass is 479 g/mol. The van der Waals surface area contributed by atoms with E-state index < -0.39 is 11.8 Å². The number of rotatable bonds is 2. The summed E-state index contributed by atoms with van der Waals surface area (Å²) in [6, 6.07) is 12.6. The van der Waals surface area contributed by atoms with Crippen molar-refractivity contribution in [3.05, 3.63) is 63.7 Å². The largest absolute Gasteiger partial charge is 0.368 e. The van der Waals surface area contributed by atoms with Crippen molar-refractivity contribution in [1.29, 1.82) is 0 Å². The molecule has 0 spiro atoms. The summed E-state index contributed by atoms with van der Waals surface area (Å²) in [5, 5.41) is 3.78. The molecule has 5 rings (SSSR count). The van der Waals surface area contributed by atoms with Gasteiger partial charge in [-0.25, -0.2) is 4.98 Å². The number of anilines is 2. The van der Waals surface area contributed by atoms with E-state index in [9.17, 15) is 14.4 Å². The molecule has 1 saturated heterocycles. The van der Waals surface area contributed by atoms with E-state index in [0.29, 0.717) is 54.3 Å². The van der Waals surface area contributed by atoms with Crippen molar-refractivity contribution in [3.63, 3.8) is 0 Å². The van der Waals surface area contributed by atoms with E-state index >= 15 is 0 Å². The number of amides is 2. The SMILES string of the molecule is O=C(Nc1ccc2nc3n(c(=O)c2c1)CCCCC3)C(=O)N1CCN(c2cccc(Cl)c2)CC1. The summed E-state index contributed by atoms with van der Waals surface area (Å²) in [5.41, 5.74) is 1.93. The van der Waals surface area contributed by atoms with E-state index in [-0.39, 0.29) is 5.56 Å². The Hall–Kier alpha value is -3.39. The van der Waals surface area contributed by atoms with Crippen LogP contribution in [0.25, 0.3) is 10.9 Å². The first-order valence-corrected chi connectivity index (χ1v) is 12.0. The summed E-state index contributed by atoms with van der Waals surface area (Å²) in [6.45, 7) is 2.76. The molecule has 0 bridgehead atoms. The van der Waals surface area contributed by atoms with E-state index in [1.807, 2.05) is 24.3 Å². The minimum Gasteiger partial charge on any atom is -0.368 e. The van der Waals surface area contributed by atoms with Gasteiger partial charge in [-0.3, -0.25) is 19.0 Å². The van der Waals surface area contributed by atoms with Crippen LogP contribution >= 0.6 is 11.6 Å². The van der Waals surface area contributed by atoms with Crippen molar-refractivity contribution in [2.45, 2.75) is 32.2 Å². The second kappa shape index (κ2) is 9.46. The number of hydrogen-bond donors (Lipinski definition) is 1. The molecule has 0 unspecified atom stereocenters. The van der Waals surface area contributed by atoms with Crippen LogP contribution in [0.1, 0.15) is 25.1 Å². The van der Waals surface area contributed by atoms with Gasteiger partial charge in [0.15, 0.2) is 0 Å². The molecule has 9 heteroatoms. The first kappa shape index (κ1) is 22.4. The molecule has 2 aromatic carbocycles. The van der Waals surface area contributed by atoms with E-state index in [2.05, 4.69) is 15.2 Å². The summed E-state index contributed by atoms with van der Waals surface area (Å²) >= 11 is 6.08. The zero-order valence-electron chi connectivity index (χ0n) is 18.8. The number of nitrogens with one attached hydrogen (secondary N) is 1. The minimum absolute atomic E-state index is 0.0959. The third-order valence-corrected chi connectivity index (χ3v) is 6.74. The fraction of sp³-hybridized carbons (Fsp3) is 0.360. The van der Waals surface area contributed by atoms with Gasteiger partial charge < -0.3 is 15.1 Å². The lowest BCUT2D eigenvalue weighted by Crippen LogP contribution is -2.51. The van der Waals surface area contributed by atoms with Crippen LogP contribution < -0.4 is 15.8 Å². The molecule has 1 fully saturated rings. The van der Waals surface area contributed by atoms with Gasteiger partial charge in [-0.15, -0.1) is 0 Å². The van der Waals surface area contributed by atoms with E-state index in [1.165, 1.54) is 0 Å². The number of piperazine rings is 1. The van der Waals surface area contributed by atoms with Crippen LogP contribution in [0.15, 0.2) is 47.3 Å². The highest BCUT2D eigenvalue weighted by Crippen LogP contribution is 2.21. The molecule has 176 valence electrons. The lowest BCUT2D eigenvalue weighted by Gasteiger charge is -2.35. The molecule has 3 aromatic rings. The molecule has 2 amide bonds. The highest BCUT2D eigenvalue weighted by molar-refractivity contribution is 6.39. The van der Waals surface area contributed by atoms with Crippen LogP contribution in [0.4, 0.5) is 11.4 Å². The van der Waals surface area contributed by atoms with Crippen molar-refractivity contribution in [2.24, 2.45) is 0 Å². The van der Waals surface area contributed by atoms with Gasteiger partial charge >= 0.3 is 11.8 Å². The Labute approximate surface area is 202 Å². The minimum atomic E-state index is -0.710. The number of fused-ring (bicyclic) bond motifs is 2. The quantitative estimate of drug-likeness (QED) is 0.571. The number of aromatic nitrogens is 2. The van der Waals surface area contributed by atoms with Gasteiger partial charge in [-0.05, 0) is 49.2 Å². The Balaban J connectivity index is 1.27. The maximum atomic E-state index is 13.0. The maximum absolute atomic E-state index is 13.0. The standard InChI is InChI=1S/C25H26ClN5O3/c26-17-5-4-6-19(15-17)29-11-13-30(14-12-29)25(34)23(32)27-18-8-9-21-20(16-18)24(33)31-10-3-1-2-7-22(31)28-21/h4-6,8-9,15-16H,1-3,7,10-14H2,(H,27,32). The lowest BCUT2D eigenvalue weighted by molar-refractivity contribution is -0.143. The van der Waals surface area contributed by atoms with Gasteiger partial charge in [0.1, 0.15) is 5.82 Å². The van der Waals surface area contributed by atoms with Crippen molar-refractivity contribution in [1.82, 2.24) is 14.5 Å². The zero-order chi connectivity index (χ0) is 23.7. The number of nitrogens with zero attached hydrogens (tertiary/aromatic N) is 4. The second-order valence-electron chi connectivity index (χ2n) is 8.74. The number of carbonyl (C=O) groups is 2. The molecule has 34 heavy (non-hydrogen) atoms. The third kappa shape index (κ3) is 4.50. The summed E-state index contributed by atoms with van der Waals surface area (Å²) in [5.74, 6) is -0.472. The Kier molecular flexibility index (Phi) is 6.24. The summed E-state index contributed by atoms with van der Waals surface area (Å²) in [7, 11) is 0. The molecule has 1 aromatic heterocycles. The lowest BCUT2D eigenvalue weighted by atomic mass is 10.2. The molecular weight excluding hydrogens is 454 g/mol. The number of halogens is 1. The molecule has 2 aliphatic heterocycles. The molecule has 0 aliphatic carbocycles. The predicted molar refractivity (Wildman–Crippen MR) is 132 cm³/mol. The van der Waals surface area contributed by atoms with E-state index in [4.69, 9.17) is 11.6 Å². The van der Waals surface area contributed by atoms with Crippen LogP contribution in [0, 0.1) is 0 Å². The topological polar surface area (TPSA) is 87.5 Å². The maximum Gasteiger partial charge on any atom is 0.313 e. The number of hydrogen-bond acceptors (Lipinski definition) is 5. The summed E-state index contributed by atoms with van der Waals surface area (Å²) < 4.78 is 1.74. The third-order valence-electron chi connectivity index (χ3n) is 6.51. The van der Waals surface area contributed by atoms with Crippen LogP contribution in [0.2, 0.25) is 5.02 Å². The Morgan fingerprint density at radius 3 is 2.56 bits per heavy atom. The molecule has 0 saturated carbocycles. The number of benzene rings is 2. The van der Waals surface area contributed by atoms with Gasteiger partial charge in [0.2, 0.25) is 0 Å². The smallest absolute Gasteiger partial charge is 0.313 e. The molecule has 1 N–H and O–H groups in total. The zero-order valence-corrected chi connectivity index (χ0v) is 19.6. The van der Waals surface area contributed by atoms with E-state index in [0.717, 1.165) is 37.2 Å². The van der Waals surface area contributed by atoms with Gasteiger partial charge in [-0.1, -0.05) is 24.1 Å². The Morgan fingerprint density at radius 2 is 1.76 bits per heavy atom. The van der Waals surface area contributed by atoms with Crippen LogP contribution in [-0.4, -0.2) is 52.4 Å².